The lowest BCUT2D eigenvalue weighted by atomic mass is 9.81. The minimum Gasteiger partial charge on any atom is -0.315 e. The quantitative estimate of drug-likeness (QED) is 0.515. The third-order valence-corrected chi connectivity index (χ3v) is 6.26. The molecule has 0 aliphatic carbocycles. The van der Waals surface area contributed by atoms with E-state index in [-0.39, 0.29) is 12.3 Å². The maximum atomic E-state index is 13.6. The van der Waals surface area contributed by atoms with Crippen molar-refractivity contribution in [2.75, 3.05) is 6.54 Å². The van der Waals surface area contributed by atoms with E-state index in [9.17, 15) is 14.4 Å². The van der Waals surface area contributed by atoms with Gasteiger partial charge in [0.1, 0.15) is 0 Å². The molecule has 0 bridgehead atoms. The van der Waals surface area contributed by atoms with Crippen LogP contribution in [0.1, 0.15) is 31.9 Å². The summed E-state index contributed by atoms with van der Waals surface area (Å²) in [6.45, 7) is 3.68. The average Bonchev–Trinajstić information content (AvgIpc) is 3.34. The third-order valence-electron chi connectivity index (χ3n) is 5.35. The van der Waals surface area contributed by atoms with Crippen molar-refractivity contribution in [3.8, 4) is 0 Å². The van der Waals surface area contributed by atoms with Crippen LogP contribution in [0.2, 0.25) is 0 Å². The van der Waals surface area contributed by atoms with Crippen LogP contribution in [0.5, 0.6) is 0 Å². The van der Waals surface area contributed by atoms with Gasteiger partial charge < -0.3 is 5.32 Å². The normalized spacial score (nSPS) is 18.8. The molecule has 2 aromatic carbocycles. The fourth-order valence-corrected chi connectivity index (χ4v) is 4.26. The van der Waals surface area contributed by atoms with E-state index in [1.54, 1.807) is 17.5 Å². The highest BCUT2D eigenvalue weighted by Gasteiger charge is 2.54. The number of aryl methyl sites for hydroxylation is 2. The Hall–Kier alpha value is -3.25. The molecule has 2 heterocycles. The molecule has 0 spiro atoms. The number of rotatable bonds is 5. The number of nitrogens with one attached hydrogen (secondary N) is 1. The molecule has 1 aromatic heterocycles. The van der Waals surface area contributed by atoms with E-state index in [4.69, 9.17) is 0 Å². The number of carbonyl (C=O) groups excluding carboxylic acids is 3. The van der Waals surface area contributed by atoms with E-state index in [1.807, 2.05) is 62.4 Å². The van der Waals surface area contributed by atoms with Gasteiger partial charge in [0.2, 0.25) is 0 Å². The van der Waals surface area contributed by atoms with Gasteiger partial charge in [0.05, 0.1) is 11.4 Å². The summed E-state index contributed by atoms with van der Waals surface area (Å²) >= 11 is 1.29. The zero-order valence-electron chi connectivity index (χ0n) is 16.1. The van der Waals surface area contributed by atoms with E-state index in [0.717, 1.165) is 16.0 Å². The number of urea groups is 1. The van der Waals surface area contributed by atoms with Crippen molar-refractivity contribution in [1.82, 2.24) is 10.2 Å². The summed E-state index contributed by atoms with van der Waals surface area (Å²) in [4.78, 5) is 40.6. The van der Waals surface area contributed by atoms with Gasteiger partial charge in [-0.05, 0) is 47.5 Å². The standard InChI is InChI=1S/C23H20N2O3S/c1-15-10-11-18(13-16(15)2)23(17-7-4-3-5-8-17)21(27)25(22(28)24-23)14-19(26)20-9-6-12-29-20/h3-13H,14H2,1-2H3,(H,24,28)/t23-/m1/s1. The SMILES string of the molecule is Cc1ccc([C@@]2(c3ccccc3)NC(=O)N(CC(=O)c3cccs3)C2=O)cc1C. The van der Waals surface area contributed by atoms with Gasteiger partial charge in [0.15, 0.2) is 11.3 Å². The number of carbonyl (C=O) groups is 3. The van der Waals surface area contributed by atoms with Crippen molar-refractivity contribution >= 4 is 29.1 Å². The van der Waals surface area contributed by atoms with Gasteiger partial charge in [0, 0.05) is 0 Å². The first kappa shape index (κ1) is 19.1. The Kier molecular flexibility index (Phi) is 4.80. The number of thiophene rings is 1. The number of amides is 3. The minimum absolute atomic E-state index is 0.257. The van der Waals surface area contributed by atoms with Gasteiger partial charge in [0.25, 0.3) is 5.91 Å². The molecule has 1 atom stereocenters. The van der Waals surface area contributed by atoms with Crippen LogP contribution in [0.3, 0.4) is 0 Å². The molecule has 1 fully saturated rings. The molecule has 5 nitrogen and oxygen atoms in total. The monoisotopic (exact) mass is 404 g/mol. The van der Waals surface area contributed by atoms with Crippen molar-refractivity contribution < 1.29 is 14.4 Å². The minimum atomic E-state index is -1.35. The Labute approximate surface area is 173 Å². The van der Waals surface area contributed by atoms with Crippen molar-refractivity contribution in [3.63, 3.8) is 0 Å². The molecule has 1 aliphatic heterocycles. The first-order chi connectivity index (χ1) is 13.9. The largest absolute Gasteiger partial charge is 0.325 e. The molecule has 1 saturated heterocycles. The molecule has 146 valence electrons. The first-order valence-electron chi connectivity index (χ1n) is 9.27. The Morgan fingerprint density at radius 3 is 2.38 bits per heavy atom. The fourth-order valence-electron chi connectivity index (χ4n) is 3.60. The molecule has 4 rings (SSSR count). The Balaban J connectivity index is 1.80. The van der Waals surface area contributed by atoms with Gasteiger partial charge in [-0.25, -0.2) is 4.79 Å². The molecule has 1 N–H and O–H groups in total. The van der Waals surface area contributed by atoms with Crippen molar-refractivity contribution in [1.29, 1.82) is 0 Å². The topological polar surface area (TPSA) is 66.5 Å². The summed E-state index contributed by atoms with van der Waals surface area (Å²) in [6.07, 6.45) is 0. The van der Waals surface area contributed by atoms with Gasteiger partial charge >= 0.3 is 6.03 Å². The van der Waals surface area contributed by atoms with E-state index in [0.29, 0.717) is 16.0 Å². The summed E-state index contributed by atoms with van der Waals surface area (Å²) in [5.74, 6) is -0.700. The molecule has 1 aliphatic rings. The van der Waals surface area contributed by atoms with Gasteiger partial charge in [-0.1, -0.05) is 54.6 Å². The van der Waals surface area contributed by atoms with E-state index in [1.165, 1.54) is 11.3 Å². The second kappa shape index (κ2) is 7.29. The number of imide groups is 1. The lowest BCUT2D eigenvalue weighted by Gasteiger charge is -2.28. The molecule has 3 amide bonds. The van der Waals surface area contributed by atoms with Gasteiger partial charge in [-0.3, -0.25) is 14.5 Å². The Morgan fingerprint density at radius 2 is 1.72 bits per heavy atom. The van der Waals surface area contributed by atoms with Crippen LogP contribution in [-0.2, 0) is 10.3 Å². The summed E-state index contributed by atoms with van der Waals surface area (Å²) in [6, 6.07) is 17.8. The predicted octanol–water partition coefficient (Wildman–Crippen LogP) is 4.04. The van der Waals surface area contributed by atoms with Crippen LogP contribution in [0.4, 0.5) is 4.79 Å². The molecule has 0 saturated carbocycles. The number of benzene rings is 2. The second-order valence-electron chi connectivity index (χ2n) is 7.14. The van der Waals surface area contributed by atoms with Crippen molar-refractivity contribution in [3.05, 3.63) is 93.2 Å². The molecular formula is C23H20N2O3S. The molecule has 3 aromatic rings. The number of hydrogen-bond acceptors (Lipinski definition) is 4. The van der Waals surface area contributed by atoms with Crippen LogP contribution in [0, 0.1) is 13.8 Å². The average molecular weight is 404 g/mol. The zero-order chi connectivity index (χ0) is 20.6. The van der Waals surface area contributed by atoms with E-state index in [2.05, 4.69) is 5.32 Å². The second-order valence-corrected chi connectivity index (χ2v) is 8.08. The molecular weight excluding hydrogens is 384 g/mol. The highest BCUT2D eigenvalue weighted by Crippen LogP contribution is 2.37. The maximum Gasteiger partial charge on any atom is 0.325 e. The van der Waals surface area contributed by atoms with E-state index >= 15 is 0 Å². The van der Waals surface area contributed by atoms with Crippen LogP contribution >= 0.6 is 11.3 Å². The summed E-state index contributed by atoms with van der Waals surface area (Å²) in [7, 11) is 0. The smallest absolute Gasteiger partial charge is 0.315 e. The van der Waals surface area contributed by atoms with Gasteiger partial charge in [-0.15, -0.1) is 11.3 Å². The van der Waals surface area contributed by atoms with Crippen molar-refractivity contribution in [2.24, 2.45) is 0 Å². The number of Topliss-reactive ketones (excluding diaryl/α,β-unsaturated/α-hetero) is 1. The van der Waals surface area contributed by atoms with Crippen LogP contribution < -0.4 is 5.32 Å². The Morgan fingerprint density at radius 1 is 0.966 bits per heavy atom. The molecule has 29 heavy (non-hydrogen) atoms. The van der Waals surface area contributed by atoms with Gasteiger partial charge in [-0.2, -0.15) is 0 Å². The zero-order valence-corrected chi connectivity index (χ0v) is 17.0. The van der Waals surface area contributed by atoms with Crippen LogP contribution in [0.15, 0.2) is 66.0 Å². The number of ketones is 1. The maximum absolute atomic E-state index is 13.6. The van der Waals surface area contributed by atoms with Crippen LogP contribution in [-0.4, -0.2) is 29.2 Å². The first-order valence-corrected chi connectivity index (χ1v) is 10.2. The molecule has 6 heteroatoms. The fraction of sp³-hybridized carbons (Fsp3) is 0.174. The highest BCUT2D eigenvalue weighted by atomic mass is 32.1. The lowest BCUT2D eigenvalue weighted by molar-refractivity contribution is -0.129. The summed E-state index contributed by atoms with van der Waals surface area (Å²) < 4.78 is 0. The summed E-state index contributed by atoms with van der Waals surface area (Å²) in [5.41, 5.74) is 2.10. The predicted molar refractivity (Wildman–Crippen MR) is 112 cm³/mol. The molecule has 0 unspecified atom stereocenters. The van der Waals surface area contributed by atoms with Crippen LogP contribution in [0.25, 0.3) is 0 Å². The molecule has 0 radical (unpaired) electrons. The van der Waals surface area contributed by atoms with E-state index < -0.39 is 17.5 Å². The third kappa shape index (κ3) is 3.15. The Bertz CT molecular complexity index is 1090. The van der Waals surface area contributed by atoms with Crippen molar-refractivity contribution in [2.45, 2.75) is 19.4 Å². The number of nitrogens with zero attached hydrogens (tertiary/aromatic N) is 1. The lowest BCUT2D eigenvalue weighted by Crippen LogP contribution is -2.45. The highest BCUT2D eigenvalue weighted by molar-refractivity contribution is 7.12. The number of hydrogen-bond donors (Lipinski definition) is 1. The summed E-state index contributed by atoms with van der Waals surface area (Å²) in [5, 5.41) is 4.68.